The molecule has 4 heteroatoms. The number of unbranched alkanes of at least 4 members (excludes halogenated alkanes) is 8. The number of hydrogen-bond acceptors (Lipinski definition) is 4. The molecule has 0 saturated heterocycles. The topological polar surface area (TPSA) is 83.6 Å². The number of carbonyl (C=O) groups is 1. The molecule has 0 spiro atoms. The fraction of sp³-hybridized carbons (Fsp3) is 0.929. The van der Waals surface area contributed by atoms with Crippen molar-refractivity contribution in [2.24, 2.45) is 5.73 Å². The Kier molecular flexibility index (Phi) is 10.2. The molecule has 0 aliphatic rings. The molecule has 0 aromatic carbocycles. The first-order valence-corrected chi connectivity index (χ1v) is 7.20. The van der Waals surface area contributed by atoms with Gasteiger partial charge >= 0.3 is 0 Å². The molecule has 108 valence electrons. The van der Waals surface area contributed by atoms with Gasteiger partial charge in [0.25, 0.3) is 0 Å². The Morgan fingerprint density at radius 3 is 1.89 bits per heavy atom. The summed E-state index contributed by atoms with van der Waals surface area (Å²) in [5.41, 5.74) is 3.18. The Morgan fingerprint density at radius 1 is 1.00 bits per heavy atom. The molecule has 0 heterocycles. The molecule has 4 N–H and O–H groups in total. The molecule has 0 fully saturated rings. The van der Waals surface area contributed by atoms with Crippen LogP contribution in [0.2, 0.25) is 0 Å². The van der Waals surface area contributed by atoms with Crippen LogP contribution in [0.4, 0.5) is 0 Å². The molecule has 0 rings (SSSR count). The highest BCUT2D eigenvalue weighted by molar-refractivity contribution is 5.86. The summed E-state index contributed by atoms with van der Waals surface area (Å²) in [6.45, 7) is 1.51. The number of rotatable bonds is 12. The first kappa shape index (κ1) is 17.6. The number of nitrogens with two attached hydrogens (primary N) is 1. The Labute approximate surface area is 111 Å². The van der Waals surface area contributed by atoms with Crippen LogP contribution in [0.25, 0.3) is 0 Å². The van der Waals surface area contributed by atoms with Gasteiger partial charge < -0.3 is 10.2 Å². The van der Waals surface area contributed by atoms with Crippen molar-refractivity contribution < 1.29 is 15.0 Å². The summed E-state index contributed by atoms with van der Waals surface area (Å²) < 4.78 is 0. The maximum absolute atomic E-state index is 11.4. The Morgan fingerprint density at radius 2 is 1.44 bits per heavy atom. The van der Waals surface area contributed by atoms with E-state index in [1.54, 1.807) is 0 Å². The summed E-state index contributed by atoms with van der Waals surface area (Å²) in [6.07, 6.45) is 10.8. The fourth-order valence-electron chi connectivity index (χ4n) is 1.90. The quantitative estimate of drug-likeness (QED) is 0.370. The molecule has 4 nitrogen and oxygen atoms in total. The van der Waals surface area contributed by atoms with Crippen LogP contribution in [0.5, 0.6) is 0 Å². The molecule has 0 aliphatic heterocycles. The highest BCUT2D eigenvalue weighted by Gasteiger charge is 2.28. The predicted molar refractivity (Wildman–Crippen MR) is 73.1 cm³/mol. The molecular formula is C14H29NO3. The molecule has 1 atom stereocenters. The monoisotopic (exact) mass is 259 g/mol. The van der Waals surface area contributed by atoms with Gasteiger partial charge in [-0.25, -0.2) is 0 Å². The van der Waals surface area contributed by atoms with E-state index < -0.39 is 18.1 Å². The fourth-order valence-corrected chi connectivity index (χ4v) is 1.90. The smallest absolute Gasteiger partial charge is 0.196 e. The Hall–Kier alpha value is -0.450. The van der Waals surface area contributed by atoms with Crippen molar-refractivity contribution >= 4 is 5.78 Å². The molecule has 18 heavy (non-hydrogen) atoms. The minimum Gasteiger partial charge on any atom is -0.391 e. The van der Waals surface area contributed by atoms with Gasteiger partial charge in [0.2, 0.25) is 0 Å². The highest BCUT2D eigenvalue weighted by Crippen LogP contribution is 2.12. The van der Waals surface area contributed by atoms with Crippen LogP contribution in [-0.2, 0) is 4.79 Å². The van der Waals surface area contributed by atoms with Crippen LogP contribution in [0.1, 0.15) is 71.1 Å². The minimum absolute atomic E-state index is 0.253. The third-order valence-electron chi connectivity index (χ3n) is 3.23. The van der Waals surface area contributed by atoms with Gasteiger partial charge in [0.05, 0.1) is 6.61 Å². The molecule has 0 radical (unpaired) electrons. The second-order valence-electron chi connectivity index (χ2n) is 5.08. The van der Waals surface area contributed by atoms with Gasteiger partial charge in [-0.3, -0.25) is 10.5 Å². The lowest BCUT2D eigenvalue weighted by Crippen LogP contribution is -2.51. The van der Waals surface area contributed by atoms with Gasteiger partial charge in [-0.15, -0.1) is 0 Å². The third-order valence-corrected chi connectivity index (χ3v) is 3.23. The van der Waals surface area contributed by atoms with Crippen LogP contribution in [0.15, 0.2) is 0 Å². The molecule has 0 bridgehead atoms. The van der Waals surface area contributed by atoms with Crippen LogP contribution in [0.3, 0.4) is 0 Å². The van der Waals surface area contributed by atoms with E-state index in [1.807, 2.05) is 0 Å². The summed E-state index contributed by atoms with van der Waals surface area (Å²) in [6, 6.07) is 0. The van der Waals surface area contributed by atoms with Gasteiger partial charge in [-0.1, -0.05) is 58.3 Å². The van der Waals surface area contributed by atoms with E-state index in [2.05, 4.69) is 6.92 Å². The van der Waals surface area contributed by atoms with E-state index in [0.717, 1.165) is 19.3 Å². The Balaban J connectivity index is 3.33. The zero-order valence-electron chi connectivity index (χ0n) is 11.7. The molecule has 0 aromatic rings. The van der Waals surface area contributed by atoms with Crippen LogP contribution in [0, 0.1) is 0 Å². The maximum Gasteiger partial charge on any atom is 0.196 e. The van der Waals surface area contributed by atoms with Crippen LogP contribution < -0.4 is 5.73 Å². The lowest BCUT2D eigenvalue weighted by Gasteiger charge is -2.18. The Bertz CT molecular complexity index is 217. The van der Waals surface area contributed by atoms with E-state index in [0.29, 0.717) is 0 Å². The third kappa shape index (κ3) is 8.61. The van der Waals surface area contributed by atoms with E-state index in [1.165, 1.54) is 38.5 Å². The number of hydrogen-bond donors (Lipinski definition) is 3. The van der Waals surface area contributed by atoms with Crippen molar-refractivity contribution in [1.82, 2.24) is 0 Å². The van der Waals surface area contributed by atoms with Crippen molar-refractivity contribution in [2.75, 3.05) is 6.61 Å². The standard InChI is InChI=1S/C14H29NO3/c1-2-3-4-5-6-7-8-9-10-11-13(17)14(15,18)12-16/h16,18H,2-12,15H2,1H3. The average Bonchev–Trinajstić information content (AvgIpc) is 2.36. The maximum atomic E-state index is 11.4. The van der Waals surface area contributed by atoms with Crippen molar-refractivity contribution in [2.45, 2.75) is 76.9 Å². The first-order valence-electron chi connectivity index (χ1n) is 7.20. The largest absolute Gasteiger partial charge is 0.391 e. The molecule has 0 aromatic heterocycles. The van der Waals surface area contributed by atoms with Gasteiger partial charge in [-0.2, -0.15) is 0 Å². The number of carbonyl (C=O) groups excluding carboxylic acids is 1. The number of Topliss-reactive ketones (excluding diaryl/α,β-unsaturated/α-hetero) is 1. The summed E-state index contributed by atoms with van der Waals surface area (Å²) in [5.74, 6) is -0.465. The first-order chi connectivity index (χ1) is 8.54. The normalized spacial score (nSPS) is 14.4. The molecule has 0 saturated carbocycles. The summed E-state index contributed by atoms with van der Waals surface area (Å²) in [4.78, 5) is 11.4. The summed E-state index contributed by atoms with van der Waals surface area (Å²) in [5, 5.41) is 18.0. The van der Waals surface area contributed by atoms with Crippen LogP contribution >= 0.6 is 0 Å². The van der Waals surface area contributed by atoms with E-state index >= 15 is 0 Å². The van der Waals surface area contributed by atoms with Gasteiger partial charge in [0.15, 0.2) is 11.5 Å². The summed E-state index contributed by atoms with van der Waals surface area (Å²) in [7, 11) is 0. The van der Waals surface area contributed by atoms with E-state index in [9.17, 15) is 9.90 Å². The van der Waals surface area contributed by atoms with Crippen molar-refractivity contribution in [1.29, 1.82) is 0 Å². The number of aliphatic hydroxyl groups excluding tert-OH is 1. The highest BCUT2D eigenvalue weighted by atomic mass is 16.4. The molecular weight excluding hydrogens is 230 g/mol. The molecule has 0 amide bonds. The molecule has 1 unspecified atom stereocenters. The van der Waals surface area contributed by atoms with E-state index in [-0.39, 0.29) is 6.42 Å². The number of ketones is 1. The lowest BCUT2D eigenvalue weighted by atomic mass is 10.0. The minimum atomic E-state index is -2.04. The van der Waals surface area contributed by atoms with Crippen molar-refractivity contribution in [3.63, 3.8) is 0 Å². The average molecular weight is 259 g/mol. The second-order valence-corrected chi connectivity index (χ2v) is 5.08. The SMILES string of the molecule is CCCCCCCCCCCC(=O)C(N)(O)CO. The number of aliphatic hydroxyl groups is 2. The van der Waals surface area contributed by atoms with Crippen molar-refractivity contribution in [3.8, 4) is 0 Å². The zero-order valence-corrected chi connectivity index (χ0v) is 11.7. The predicted octanol–water partition coefficient (Wildman–Crippen LogP) is 2.12. The summed E-state index contributed by atoms with van der Waals surface area (Å²) >= 11 is 0. The van der Waals surface area contributed by atoms with Gasteiger partial charge in [0, 0.05) is 6.42 Å². The van der Waals surface area contributed by atoms with Gasteiger partial charge in [-0.05, 0) is 6.42 Å². The lowest BCUT2D eigenvalue weighted by molar-refractivity contribution is -0.141. The van der Waals surface area contributed by atoms with E-state index in [4.69, 9.17) is 10.8 Å². The van der Waals surface area contributed by atoms with Gasteiger partial charge in [0.1, 0.15) is 0 Å². The second kappa shape index (κ2) is 10.5. The zero-order chi connectivity index (χ0) is 13.9. The van der Waals surface area contributed by atoms with Crippen LogP contribution in [-0.4, -0.2) is 28.3 Å². The molecule has 0 aliphatic carbocycles. The van der Waals surface area contributed by atoms with Crippen molar-refractivity contribution in [3.05, 3.63) is 0 Å².